The highest BCUT2D eigenvalue weighted by molar-refractivity contribution is 7.80. The number of nitrogens with one attached hydrogen (secondary N) is 5. The van der Waals surface area contributed by atoms with Gasteiger partial charge in [-0.3, -0.25) is 38.4 Å². The van der Waals surface area contributed by atoms with Crippen LogP contribution in [0.1, 0.15) is 84.5 Å². The second-order valence-corrected chi connectivity index (χ2v) is 13.3. The van der Waals surface area contributed by atoms with E-state index in [9.17, 15) is 58.5 Å². The molecule has 19 nitrogen and oxygen atoms in total. The highest BCUT2D eigenvalue weighted by Gasteiger charge is 2.35. The summed E-state index contributed by atoms with van der Waals surface area (Å²) in [6.45, 7) is 3.37. The zero-order valence-electron chi connectivity index (χ0n) is 28.6. The van der Waals surface area contributed by atoms with Crippen LogP contribution < -0.4 is 32.3 Å². The molecule has 0 saturated heterocycles. The minimum atomic E-state index is -1.78. The predicted octanol–water partition coefficient (Wildman–Crippen LogP) is -1.42. The van der Waals surface area contributed by atoms with E-state index >= 15 is 0 Å². The fourth-order valence-corrected chi connectivity index (χ4v) is 5.69. The van der Waals surface area contributed by atoms with Crippen LogP contribution in [0, 0.1) is 11.8 Å². The largest absolute Gasteiger partial charge is 0.481 e. The van der Waals surface area contributed by atoms with Crippen molar-refractivity contribution in [1.82, 2.24) is 26.6 Å². The van der Waals surface area contributed by atoms with Gasteiger partial charge in [0.1, 0.15) is 30.2 Å². The zero-order chi connectivity index (χ0) is 38.8. The Kier molecular flexibility index (Phi) is 19.6. The lowest BCUT2D eigenvalue weighted by Gasteiger charge is -2.29. The molecule has 1 fully saturated rings. The first-order chi connectivity index (χ1) is 23.8. The number of carboxylic acids is 4. The van der Waals surface area contributed by atoms with Crippen molar-refractivity contribution in [1.29, 1.82) is 0 Å². The van der Waals surface area contributed by atoms with Crippen LogP contribution in [-0.2, 0) is 43.2 Å². The van der Waals surface area contributed by atoms with E-state index < -0.39 is 115 Å². The van der Waals surface area contributed by atoms with Crippen molar-refractivity contribution in [3.05, 3.63) is 0 Å². The molecule has 6 atom stereocenters. The quantitative estimate of drug-likeness (QED) is 0.0535. The molecule has 11 N–H and O–H groups in total. The Morgan fingerprint density at radius 1 is 0.627 bits per heavy atom. The van der Waals surface area contributed by atoms with Crippen LogP contribution in [0.2, 0.25) is 0 Å². The van der Waals surface area contributed by atoms with Crippen molar-refractivity contribution in [3.63, 3.8) is 0 Å². The molecule has 0 heterocycles. The molecule has 0 radical (unpaired) electrons. The molecule has 288 valence electrons. The summed E-state index contributed by atoms with van der Waals surface area (Å²) >= 11 is 3.95. The number of rotatable bonds is 23. The zero-order valence-corrected chi connectivity index (χ0v) is 29.5. The van der Waals surface area contributed by atoms with Gasteiger partial charge in [0.2, 0.25) is 29.5 Å². The fraction of sp³-hybridized carbons (Fsp3) is 0.710. The number of aliphatic carboxylic acids is 4. The molecule has 5 amide bonds. The first-order valence-corrected chi connectivity index (χ1v) is 17.2. The highest BCUT2D eigenvalue weighted by atomic mass is 32.1. The Morgan fingerprint density at radius 2 is 1.10 bits per heavy atom. The van der Waals surface area contributed by atoms with Crippen molar-refractivity contribution in [2.45, 2.75) is 121 Å². The van der Waals surface area contributed by atoms with E-state index in [1.54, 1.807) is 13.8 Å². The Labute approximate surface area is 300 Å². The number of nitrogens with two attached hydrogens (primary N) is 1. The number of hydrogen-bond donors (Lipinski definition) is 11. The lowest BCUT2D eigenvalue weighted by molar-refractivity contribution is -0.143. The van der Waals surface area contributed by atoms with Gasteiger partial charge in [0.05, 0.1) is 18.9 Å². The number of carboxylic acid groups (broad SMARTS) is 4. The summed E-state index contributed by atoms with van der Waals surface area (Å²) in [5.41, 5.74) is 5.52. The van der Waals surface area contributed by atoms with Gasteiger partial charge in [-0.1, -0.05) is 46.0 Å². The van der Waals surface area contributed by atoms with Crippen LogP contribution in [-0.4, -0.2) is 116 Å². The van der Waals surface area contributed by atoms with Crippen LogP contribution in [0.15, 0.2) is 0 Å². The standard InChI is InChI=1S/C31H50N6O13S/c1-15(2)10-19(35-30(48)21(13-25(42)43)34-26(44)17(32)12-24(40)41)28(46)33-18(8-9-23(38)39)27(45)36-20(11-16-6-4-3-5-7-16)29(47)37-22(14-51)31(49)50/h15-22,51H,3-14,32H2,1-2H3,(H,33,46)(H,34,44)(H,35,48)(H,36,45)(H,37,47)(H,38,39)(H,40,41)(H,42,43)(H,49,50)/t17-,18-,19-,20-,21+,22-/m0/s1. The molecule has 1 rings (SSSR count). The Hall–Kier alpha value is -4.46. The van der Waals surface area contributed by atoms with Crippen LogP contribution >= 0.6 is 12.6 Å². The Morgan fingerprint density at radius 3 is 1.61 bits per heavy atom. The van der Waals surface area contributed by atoms with Gasteiger partial charge in [-0.25, -0.2) is 4.79 Å². The second-order valence-electron chi connectivity index (χ2n) is 12.9. The number of carbonyl (C=O) groups excluding carboxylic acids is 5. The highest BCUT2D eigenvalue weighted by Crippen LogP contribution is 2.27. The summed E-state index contributed by atoms with van der Waals surface area (Å²) in [5.74, 6) is -11.1. The molecule has 1 aliphatic carbocycles. The smallest absolute Gasteiger partial charge is 0.327 e. The minimum Gasteiger partial charge on any atom is -0.481 e. The molecule has 1 saturated carbocycles. The van der Waals surface area contributed by atoms with Gasteiger partial charge < -0.3 is 52.7 Å². The van der Waals surface area contributed by atoms with E-state index in [4.69, 9.17) is 10.8 Å². The van der Waals surface area contributed by atoms with Crippen LogP contribution in [0.25, 0.3) is 0 Å². The van der Waals surface area contributed by atoms with Gasteiger partial charge in [-0.15, -0.1) is 0 Å². The van der Waals surface area contributed by atoms with Crippen molar-refractivity contribution in [3.8, 4) is 0 Å². The molecular formula is C31H50N6O13S. The maximum atomic E-state index is 13.6. The normalized spacial score (nSPS) is 16.6. The first-order valence-electron chi connectivity index (χ1n) is 16.6. The third-order valence-corrected chi connectivity index (χ3v) is 8.45. The number of hydrogen-bond acceptors (Lipinski definition) is 11. The summed E-state index contributed by atoms with van der Waals surface area (Å²) < 4.78 is 0. The van der Waals surface area contributed by atoms with Gasteiger partial charge in [0.15, 0.2) is 0 Å². The van der Waals surface area contributed by atoms with Gasteiger partial charge in [0.25, 0.3) is 0 Å². The Balaban J connectivity index is 3.30. The Bertz CT molecular complexity index is 1280. The summed E-state index contributed by atoms with van der Waals surface area (Å²) in [4.78, 5) is 111. The summed E-state index contributed by atoms with van der Waals surface area (Å²) in [5, 5.41) is 48.6. The molecule has 0 unspecified atom stereocenters. The summed E-state index contributed by atoms with van der Waals surface area (Å²) in [6.07, 6.45) is 1.59. The van der Waals surface area contributed by atoms with Crippen molar-refractivity contribution >= 4 is 66.0 Å². The van der Waals surface area contributed by atoms with E-state index in [1.165, 1.54) is 0 Å². The minimum absolute atomic E-state index is 0.0182. The second kappa shape index (κ2) is 22.4. The van der Waals surface area contributed by atoms with E-state index in [0.717, 1.165) is 32.1 Å². The molecule has 0 aliphatic heterocycles. The van der Waals surface area contributed by atoms with E-state index in [2.05, 4.69) is 39.2 Å². The molecule has 0 aromatic rings. The molecule has 0 aromatic carbocycles. The third kappa shape index (κ3) is 17.3. The average Bonchev–Trinajstić information content (AvgIpc) is 3.03. The molecular weight excluding hydrogens is 696 g/mol. The molecule has 1 aliphatic rings. The first kappa shape index (κ1) is 44.6. The SMILES string of the molecule is CC(C)C[C@H](NC(=O)[C@@H](CC(=O)O)NC(=O)[C@@H](N)CC(=O)O)C(=O)N[C@@H](CCC(=O)O)C(=O)N[C@@H](CC1CCCCC1)C(=O)N[C@@H](CS)C(=O)O. The maximum absolute atomic E-state index is 13.6. The monoisotopic (exact) mass is 746 g/mol. The van der Waals surface area contributed by atoms with Gasteiger partial charge in [-0.2, -0.15) is 12.6 Å². The topological polar surface area (TPSA) is 321 Å². The van der Waals surface area contributed by atoms with Crippen molar-refractivity contribution in [2.75, 3.05) is 5.75 Å². The average molecular weight is 747 g/mol. The van der Waals surface area contributed by atoms with E-state index in [0.29, 0.717) is 0 Å². The van der Waals surface area contributed by atoms with E-state index in [-0.39, 0.29) is 30.4 Å². The lowest BCUT2D eigenvalue weighted by atomic mass is 9.84. The van der Waals surface area contributed by atoms with Crippen molar-refractivity contribution < 1.29 is 63.6 Å². The molecule has 20 heteroatoms. The molecule has 0 spiro atoms. The van der Waals surface area contributed by atoms with Gasteiger partial charge in [-0.05, 0) is 31.1 Å². The number of amides is 5. The van der Waals surface area contributed by atoms with Crippen LogP contribution in [0.4, 0.5) is 0 Å². The summed E-state index contributed by atoms with van der Waals surface area (Å²) in [6, 6.07) is -9.00. The van der Waals surface area contributed by atoms with Crippen molar-refractivity contribution in [2.24, 2.45) is 17.6 Å². The lowest BCUT2D eigenvalue weighted by Crippen LogP contribution is -2.60. The molecule has 0 aromatic heterocycles. The van der Waals surface area contributed by atoms with Crippen LogP contribution in [0.3, 0.4) is 0 Å². The van der Waals surface area contributed by atoms with E-state index in [1.807, 2.05) is 0 Å². The van der Waals surface area contributed by atoms with Crippen LogP contribution in [0.5, 0.6) is 0 Å². The predicted molar refractivity (Wildman–Crippen MR) is 181 cm³/mol. The summed E-state index contributed by atoms with van der Waals surface area (Å²) in [7, 11) is 0. The third-order valence-electron chi connectivity index (χ3n) is 8.09. The maximum Gasteiger partial charge on any atom is 0.327 e. The van der Waals surface area contributed by atoms with Gasteiger partial charge >= 0.3 is 23.9 Å². The molecule has 0 bridgehead atoms. The van der Waals surface area contributed by atoms with Gasteiger partial charge in [0, 0.05) is 12.2 Å². The number of thiol groups is 1. The molecule has 51 heavy (non-hydrogen) atoms. The fourth-order valence-electron chi connectivity index (χ4n) is 5.45. The number of carbonyl (C=O) groups is 9.